The average molecular weight is 324 g/mol. The van der Waals surface area contributed by atoms with E-state index >= 15 is 0 Å². The molecule has 0 atom stereocenters. The van der Waals surface area contributed by atoms with E-state index in [0.717, 1.165) is 24.1 Å². The molecule has 2 aromatic rings. The van der Waals surface area contributed by atoms with Crippen LogP contribution in [-0.2, 0) is 11.3 Å². The molecule has 2 rings (SSSR count). The molecular weight excluding hydrogens is 300 g/mol. The number of para-hydroxylation sites is 1. The van der Waals surface area contributed by atoms with Crippen LogP contribution in [0.1, 0.15) is 42.6 Å². The van der Waals surface area contributed by atoms with Gasteiger partial charge in [-0.15, -0.1) is 0 Å². The monoisotopic (exact) mass is 324 g/mol. The molecule has 4 nitrogen and oxygen atoms in total. The van der Waals surface area contributed by atoms with Gasteiger partial charge in [0.15, 0.2) is 0 Å². The van der Waals surface area contributed by atoms with Gasteiger partial charge in [0.2, 0.25) is 5.91 Å². The summed E-state index contributed by atoms with van der Waals surface area (Å²) < 4.78 is 0. The van der Waals surface area contributed by atoms with E-state index in [1.54, 1.807) is 0 Å². The van der Waals surface area contributed by atoms with Crippen molar-refractivity contribution in [3.8, 4) is 0 Å². The molecule has 0 fully saturated rings. The SMILES string of the molecule is CCCCN(C(=O)c1ccc(CNC(C)=O)cc1)c1ccccc1. The van der Waals surface area contributed by atoms with Crippen LogP contribution >= 0.6 is 0 Å². The molecule has 0 aliphatic heterocycles. The van der Waals surface area contributed by atoms with Gasteiger partial charge in [-0.2, -0.15) is 0 Å². The fourth-order valence-corrected chi connectivity index (χ4v) is 2.42. The van der Waals surface area contributed by atoms with Gasteiger partial charge in [-0.1, -0.05) is 43.7 Å². The number of anilines is 1. The van der Waals surface area contributed by atoms with Crippen LogP contribution in [0.4, 0.5) is 5.69 Å². The highest BCUT2D eigenvalue weighted by atomic mass is 16.2. The molecule has 126 valence electrons. The molecule has 0 heterocycles. The first kappa shape index (κ1) is 17.7. The van der Waals surface area contributed by atoms with Crippen molar-refractivity contribution in [2.75, 3.05) is 11.4 Å². The van der Waals surface area contributed by atoms with E-state index in [4.69, 9.17) is 0 Å². The number of carbonyl (C=O) groups excluding carboxylic acids is 2. The normalized spacial score (nSPS) is 10.2. The molecule has 1 N–H and O–H groups in total. The fraction of sp³-hybridized carbons (Fsp3) is 0.300. The Morgan fingerprint density at radius 1 is 1.00 bits per heavy atom. The van der Waals surface area contributed by atoms with Gasteiger partial charge < -0.3 is 10.2 Å². The number of nitrogens with one attached hydrogen (secondary N) is 1. The third-order valence-corrected chi connectivity index (χ3v) is 3.79. The van der Waals surface area contributed by atoms with Crippen LogP contribution in [-0.4, -0.2) is 18.4 Å². The standard InChI is InChI=1S/C20H24N2O2/c1-3-4-14-22(19-8-6-5-7-9-19)20(24)18-12-10-17(11-13-18)15-21-16(2)23/h5-13H,3-4,14-15H2,1-2H3,(H,21,23). The number of carbonyl (C=O) groups is 2. The lowest BCUT2D eigenvalue weighted by Gasteiger charge is -2.23. The first-order chi connectivity index (χ1) is 11.6. The van der Waals surface area contributed by atoms with E-state index in [1.807, 2.05) is 59.5 Å². The topological polar surface area (TPSA) is 49.4 Å². The molecular formula is C20H24N2O2. The zero-order valence-corrected chi connectivity index (χ0v) is 14.3. The predicted octanol–water partition coefficient (Wildman–Crippen LogP) is 3.77. The van der Waals surface area contributed by atoms with Gasteiger partial charge in [-0.25, -0.2) is 0 Å². The predicted molar refractivity (Wildman–Crippen MR) is 97.0 cm³/mol. The molecule has 0 radical (unpaired) electrons. The molecule has 2 aromatic carbocycles. The Labute approximate surface area is 143 Å². The lowest BCUT2D eigenvalue weighted by molar-refractivity contribution is -0.119. The second-order valence-electron chi connectivity index (χ2n) is 5.75. The van der Waals surface area contributed by atoms with Crippen molar-refractivity contribution in [3.63, 3.8) is 0 Å². The first-order valence-electron chi connectivity index (χ1n) is 8.32. The summed E-state index contributed by atoms with van der Waals surface area (Å²) in [5.41, 5.74) is 2.54. The zero-order chi connectivity index (χ0) is 17.4. The summed E-state index contributed by atoms with van der Waals surface area (Å²) in [4.78, 5) is 25.7. The van der Waals surface area contributed by atoms with Gasteiger partial charge >= 0.3 is 0 Å². The maximum Gasteiger partial charge on any atom is 0.258 e. The highest BCUT2D eigenvalue weighted by Crippen LogP contribution is 2.18. The third kappa shape index (κ3) is 4.95. The van der Waals surface area contributed by atoms with Gasteiger partial charge in [0.25, 0.3) is 5.91 Å². The van der Waals surface area contributed by atoms with Crippen molar-refractivity contribution in [3.05, 3.63) is 65.7 Å². The summed E-state index contributed by atoms with van der Waals surface area (Å²) in [6, 6.07) is 17.2. The Morgan fingerprint density at radius 3 is 2.25 bits per heavy atom. The minimum absolute atomic E-state index is 0.000673. The van der Waals surface area contributed by atoms with Crippen molar-refractivity contribution in [1.82, 2.24) is 5.32 Å². The Morgan fingerprint density at radius 2 is 1.67 bits per heavy atom. The van der Waals surface area contributed by atoms with E-state index < -0.39 is 0 Å². The number of hydrogen-bond donors (Lipinski definition) is 1. The molecule has 0 aromatic heterocycles. The van der Waals surface area contributed by atoms with Gasteiger partial charge in [0, 0.05) is 31.3 Å². The Bertz CT molecular complexity index is 666. The van der Waals surface area contributed by atoms with E-state index in [1.165, 1.54) is 6.92 Å². The first-order valence-corrected chi connectivity index (χ1v) is 8.32. The minimum Gasteiger partial charge on any atom is -0.352 e. The summed E-state index contributed by atoms with van der Waals surface area (Å²) in [7, 11) is 0. The van der Waals surface area contributed by atoms with Crippen LogP contribution in [0.15, 0.2) is 54.6 Å². The molecule has 0 bridgehead atoms. The molecule has 0 aliphatic rings. The lowest BCUT2D eigenvalue weighted by Crippen LogP contribution is -2.31. The lowest BCUT2D eigenvalue weighted by atomic mass is 10.1. The van der Waals surface area contributed by atoms with Crippen LogP contribution in [0.3, 0.4) is 0 Å². The van der Waals surface area contributed by atoms with Crippen molar-refractivity contribution in [2.24, 2.45) is 0 Å². The zero-order valence-electron chi connectivity index (χ0n) is 14.3. The van der Waals surface area contributed by atoms with E-state index in [0.29, 0.717) is 18.7 Å². The second kappa shape index (κ2) is 8.87. The number of amides is 2. The quantitative estimate of drug-likeness (QED) is 0.843. The van der Waals surface area contributed by atoms with Crippen molar-refractivity contribution >= 4 is 17.5 Å². The van der Waals surface area contributed by atoms with Gasteiger partial charge in [-0.05, 0) is 36.2 Å². The number of hydrogen-bond acceptors (Lipinski definition) is 2. The van der Waals surface area contributed by atoms with Crippen molar-refractivity contribution < 1.29 is 9.59 Å². The smallest absolute Gasteiger partial charge is 0.258 e. The van der Waals surface area contributed by atoms with Crippen LogP contribution in [0.2, 0.25) is 0 Å². The molecule has 4 heteroatoms. The summed E-state index contributed by atoms with van der Waals surface area (Å²) in [6.07, 6.45) is 1.99. The average Bonchev–Trinajstić information content (AvgIpc) is 2.61. The van der Waals surface area contributed by atoms with Crippen LogP contribution in [0, 0.1) is 0 Å². The Hall–Kier alpha value is -2.62. The van der Waals surface area contributed by atoms with Crippen LogP contribution in [0.25, 0.3) is 0 Å². The van der Waals surface area contributed by atoms with E-state index in [2.05, 4.69) is 12.2 Å². The number of rotatable bonds is 7. The molecule has 24 heavy (non-hydrogen) atoms. The number of unbranched alkanes of at least 4 members (excludes halogenated alkanes) is 1. The van der Waals surface area contributed by atoms with Gasteiger partial charge in [0.05, 0.1) is 0 Å². The van der Waals surface area contributed by atoms with Crippen molar-refractivity contribution in [1.29, 1.82) is 0 Å². The van der Waals surface area contributed by atoms with E-state index in [-0.39, 0.29) is 11.8 Å². The third-order valence-electron chi connectivity index (χ3n) is 3.79. The summed E-state index contributed by atoms with van der Waals surface area (Å²) >= 11 is 0. The molecule has 0 saturated heterocycles. The maximum atomic E-state index is 12.9. The molecule has 0 saturated carbocycles. The van der Waals surface area contributed by atoms with Crippen LogP contribution < -0.4 is 10.2 Å². The van der Waals surface area contributed by atoms with Gasteiger partial charge in [0.1, 0.15) is 0 Å². The molecule has 0 unspecified atom stereocenters. The van der Waals surface area contributed by atoms with Crippen molar-refractivity contribution in [2.45, 2.75) is 33.2 Å². The molecule has 2 amide bonds. The van der Waals surface area contributed by atoms with E-state index in [9.17, 15) is 9.59 Å². The number of benzene rings is 2. The fourth-order valence-electron chi connectivity index (χ4n) is 2.42. The minimum atomic E-state index is -0.0648. The maximum absolute atomic E-state index is 12.9. The molecule has 0 aliphatic carbocycles. The Kier molecular flexibility index (Phi) is 6.55. The Balaban J connectivity index is 2.15. The summed E-state index contributed by atoms with van der Waals surface area (Å²) in [5, 5.41) is 2.75. The van der Waals surface area contributed by atoms with Gasteiger partial charge in [-0.3, -0.25) is 9.59 Å². The molecule has 0 spiro atoms. The summed E-state index contributed by atoms with van der Waals surface area (Å²) in [6.45, 7) is 4.78. The summed E-state index contributed by atoms with van der Waals surface area (Å²) in [5.74, 6) is -0.0642. The largest absolute Gasteiger partial charge is 0.352 e. The second-order valence-corrected chi connectivity index (χ2v) is 5.75. The number of nitrogens with zero attached hydrogens (tertiary/aromatic N) is 1. The van der Waals surface area contributed by atoms with Crippen LogP contribution in [0.5, 0.6) is 0 Å². The highest BCUT2D eigenvalue weighted by molar-refractivity contribution is 6.06. The highest BCUT2D eigenvalue weighted by Gasteiger charge is 2.17.